The normalized spacial score (nSPS) is 44.7. The Bertz CT molecular complexity index is 682. The molecule has 0 aromatic heterocycles. The summed E-state index contributed by atoms with van der Waals surface area (Å²) in [7, 11) is 0. The fourth-order valence-electron chi connectivity index (χ4n) is 7.65. The van der Waals surface area contributed by atoms with Crippen LogP contribution in [0, 0.1) is 34.5 Å². The van der Waals surface area contributed by atoms with E-state index in [1.54, 1.807) is 6.92 Å². The van der Waals surface area contributed by atoms with Crippen molar-refractivity contribution < 1.29 is 19.4 Å². The van der Waals surface area contributed by atoms with Gasteiger partial charge < -0.3 is 9.84 Å². The highest BCUT2D eigenvalue weighted by molar-refractivity contribution is 5.97. The van der Waals surface area contributed by atoms with Gasteiger partial charge in [0.05, 0.1) is 12.7 Å². The number of ether oxygens (including phenoxy) is 1. The Morgan fingerprint density at radius 2 is 1.93 bits per heavy atom. The smallest absolute Gasteiger partial charge is 0.313 e. The van der Waals surface area contributed by atoms with Crippen LogP contribution in [0.4, 0.5) is 0 Å². The van der Waals surface area contributed by atoms with Crippen LogP contribution in [0.2, 0.25) is 0 Å². The molecule has 0 spiro atoms. The number of aliphatic hydroxyl groups excluding tert-OH is 1. The van der Waals surface area contributed by atoms with Gasteiger partial charge in [0.25, 0.3) is 0 Å². The van der Waals surface area contributed by atoms with Gasteiger partial charge in [-0.15, -0.1) is 0 Å². The van der Waals surface area contributed by atoms with Gasteiger partial charge in [-0.3, -0.25) is 9.59 Å². The predicted molar refractivity (Wildman–Crippen MR) is 107 cm³/mol. The number of rotatable bonds is 4. The van der Waals surface area contributed by atoms with Crippen molar-refractivity contribution in [3.8, 4) is 0 Å². The lowest BCUT2D eigenvalue weighted by Crippen LogP contribution is -2.51. The van der Waals surface area contributed by atoms with Gasteiger partial charge in [0.1, 0.15) is 12.2 Å². The van der Waals surface area contributed by atoms with E-state index in [1.165, 1.54) is 12.0 Å². The Hall–Kier alpha value is -1.16. The second kappa shape index (κ2) is 7.27. The van der Waals surface area contributed by atoms with Crippen molar-refractivity contribution >= 4 is 11.8 Å². The molecule has 0 saturated heterocycles. The number of allylic oxidation sites excluding steroid dienone is 1. The zero-order chi connectivity index (χ0) is 20.1. The van der Waals surface area contributed by atoms with E-state index in [-0.39, 0.29) is 41.0 Å². The molecule has 7 atom stereocenters. The van der Waals surface area contributed by atoms with E-state index in [1.807, 2.05) is 0 Å². The minimum Gasteiger partial charge on any atom is -0.466 e. The largest absolute Gasteiger partial charge is 0.466 e. The Morgan fingerprint density at radius 3 is 2.68 bits per heavy atom. The summed E-state index contributed by atoms with van der Waals surface area (Å²) in [6.45, 7) is 6.87. The molecule has 3 saturated carbocycles. The van der Waals surface area contributed by atoms with Crippen LogP contribution in [0.5, 0.6) is 0 Å². The first kappa shape index (κ1) is 20.1. The molecular formula is C24H36O4. The number of carbonyl (C=O) groups excluding carboxylic acids is 2. The highest BCUT2D eigenvalue weighted by Crippen LogP contribution is 2.66. The minimum absolute atomic E-state index is 0.00853. The summed E-state index contributed by atoms with van der Waals surface area (Å²) in [6, 6.07) is 0. The van der Waals surface area contributed by atoms with Gasteiger partial charge in [0.15, 0.2) is 0 Å². The van der Waals surface area contributed by atoms with Crippen molar-refractivity contribution in [1.82, 2.24) is 0 Å². The Balaban J connectivity index is 1.54. The first-order valence-electron chi connectivity index (χ1n) is 11.4. The van der Waals surface area contributed by atoms with Crippen molar-refractivity contribution in [3.63, 3.8) is 0 Å². The fraction of sp³-hybridized carbons (Fsp3) is 0.833. The van der Waals surface area contributed by atoms with Crippen LogP contribution >= 0.6 is 0 Å². The summed E-state index contributed by atoms with van der Waals surface area (Å²) in [5.41, 5.74) is 1.75. The lowest BCUT2D eigenvalue weighted by atomic mass is 9.47. The molecule has 4 nitrogen and oxygen atoms in total. The van der Waals surface area contributed by atoms with Crippen LogP contribution in [-0.4, -0.2) is 29.6 Å². The second-order valence-corrected chi connectivity index (χ2v) is 10.3. The number of hydrogen-bond acceptors (Lipinski definition) is 4. The van der Waals surface area contributed by atoms with E-state index in [2.05, 4.69) is 19.9 Å². The number of aliphatic hydroxyl groups is 1. The third-order valence-electron chi connectivity index (χ3n) is 9.09. The van der Waals surface area contributed by atoms with Crippen LogP contribution in [-0.2, 0) is 14.3 Å². The maximum Gasteiger partial charge on any atom is 0.313 e. The van der Waals surface area contributed by atoms with E-state index in [9.17, 15) is 14.7 Å². The molecular weight excluding hydrogens is 352 g/mol. The molecule has 4 aliphatic carbocycles. The van der Waals surface area contributed by atoms with Crippen LogP contribution in [0.1, 0.15) is 78.6 Å². The van der Waals surface area contributed by atoms with Gasteiger partial charge in [-0.25, -0.2) is 0 Å². The van der Waals surface area contributed by atoms with Gasteiger partial charge in [-0.05, 0) is 86.9 Å². The summed E-state index contributed by atoms with van der Waals surface area (Å²) < 4.78 is 5.02. The second-order valence-electron chi connectivity index (χ2n) is 10.3. The van der Waals surface area contributed by atoms with Crippen molar-refractivity contribution in [2.45, 2.75) is 84.7 Å². The number of Topliss-reactive ketones (excluding diaryl/α,β-unsaturated/α-hetero) is 1. The molecule has 0 aromatic rings. The maximum absolute atomic E-state index is 12.9. The van der Waals surface area contributed by atoms with Gasteiger partial charge in [0.2, 0.25) is 0 Å². The molecule has 156 valence electrons. The monoisotopic (exact) mass is 388 g/mol. The lowest BCUT2D eigenvalue weighted by molar-refractivity contribution is -0.147. The molecule has 4 heteroatoms. The van der Waals surface area contributed by atoms with Crippen LogP contribution in [0.3, 0.4) is 0 Å². The summed E-state index contributed by atoms with van der Waals surface area (Å²) in [4.78, 5) is 24.8. The molecule has 0 unspecified atom stereocenters. The zero-order valence-electron chi connectivity index (χ0n) is 17.7. The summed E-state index contributed by atoms with van der Waals surface area (Å²) >= 11 is 0. The zero-order valence-corrected chi connectivity index (χ0v) is 17.7. The lowest BCUT2D eigenvalue weighted by Gasteiger charge is -2.57. The van der Waals surface area contributed by atoms with Gasteiger partial charge in [-0.1, -0.05) is 25.5 Å². The molecule has 0 bridgehead atoms. The van der Waals surface area contributed by atoms with Crippen LogP contribution in [0.15, 0.2) is 11.6 Å². The average Bonchev–Trinajstić information content (AvgIpc) is 3.00. The van der Waals surface area contributed by atoms with Crippen LogP contribution < -0.4 is 0 Å². The molecule has 3 fully saturated rings. The van der Waals surface area contributed by atoms with E-state index in [0.29, 0.717) is 24.4 Å². The van der Waals surface area contributed by atoms with Gasteiger partial charge in [-0.2, -0.15) is 0 Å². The summed E-state index contributed by atoms with van der Waals surface area (Å²) in [6.07, 6.45) is 10.5. The molecule has 0 aromatic carbocycles. The molecule has 4 rings (SSSR count). The van der Waals surface area contributed by atoms with Gasteiger partial charge in [0, 0.05) is 5.92 Å². The minimum atomic E-state index is -0.369. The van der Waals surface area contributed by atoms with E-state index < -0.39 is 0 Å². The molecule has 0 radical (unpaired) electrons. The molecule has 0 amide bonds. The van der Waals surface area contributed by atoms with E-state index >= 15 is 0 Å². The number of hydrogen-bond donors (Lipinski definition) is 1. The van der Waals surface area contributed by atoms with Crippen molar-refractivity contribution in [2.24, 2.45) is 34.5 Å². The standard InChI is InChI=1S/C24H36O4/c1-4-28-22(27)14-21(26)20-8-7-18-17-6-5-15-13-16(25)9-11-23(15,2)19(17)10-12-24(18,20)3/h5,16-20,25H,4,6-14H2,1-3H3/t16-,17-,18-,19-,20+,23-,24-/m0/s1. The Kier molecular flexibility index (Phi) is 5.22. The first-order valence-corrected chi connectivity index (χ1v) is 11.4. The third kappa shape index (κ3) is 3.07. The highest BCUT2D eigenvalue weighted by Gasteiger charge is 2.59. The van der Waals surface area contributed by atoms with E-state index in [0.717, 1.165) is 44.9 Å². The van der Waals surface area contributed by atoms with E-state index in [4.69, 9.17) is 4.74 Å². The predicted octanol–water partition coefficient (Wildman–Crippen LogP) is 4.45. The number of ketones is 1. The van der Waals surface area contributed by atoms with Gasteiger partial charge >= 0.3 is 5.97 Å². The first-order chi connectivity index (χ1) is 13.3. The van der Waals surface area contributed by atoms with Crippen molar-refractivity contribution in [2.75, 3.05) is 6.61 Å². The average molecular weight is 389 g/mol. The maximum atomic E-state index is 12.9. The number of carbonyl (C=O) groups is 2. The quantitative estimate of drug-likeness (QED) is 0.439. The van der Waals surface area contributed by atoms with Crippen molar-refractivity contribution in [3.05, 3.63) is 11.6 Å². The molecule has 1 N–H and O–H groups in total. The SMILES string of the molecule is CCOC(=O)CC(=O)[C@H]1CC[C@H]2[C@@H]3CC=C4C[C@@H](O)CC[C@]4(C)[C@H]3CC[C@]12C. The number of esters is 1. The molecule has 0 heterocycles. The molecule has 4 aliphatic rings. The number of fused-ring (bicyclic) bond motifs is 5. The van der Waals surface area contributed by atoms with Crippen LogP contribution in [0.25, 0.3) is 0 Å². The highest BCUT2D eigenvalue weighted by atomic mass is 16.5. The Labute approximate surface area is 169 Å². The summed E-state index contributed by atoms with van der Waals surface area (Å²) in [5, 5.41) is 10.1. The Morgan fingerprint density at radius 1 is 1.14 bits per heavy atom. The summed E-state index contributed by atoms with van der Waals surface area (Å²) in [5.74, 6) is 1.63. The fourth-order valence-corrected chi connectivity index (χ4v) is 7.65. The topological polar surface area (TPSA) is 63.6 Å². The third-order valence-corrected chi connectivity index (χ3v) is 9.09. The molecule has 28 heavy (non-hydrogen) atoms. The molecule has 0 aliphatic heterocycles. The van der Waals surface area contributed by atoms with Crippen molar-refractivity contribution in [1.29, 1.82) is 0 Å².